The first kappa shape index (κ1) is 23.6. The highest BCUT2D eigenvalue weighted by molar-refractivity contribution is 7.80. The topological polar surface area (TPSA) is 214 Å². The number of rotatable bonds is 11. The molecule has 0 aliphatic heterocycles. The van der Waals surface area contributed by atoms with Gasteiger partial charge in [-0.1, -0.05) is 0 Å². The summed E-state index contributed by atoms with van der Waals surface area (Å²) in [6.07, 6.45) is -0.454. The first-order chi connectivity index (χ1) is 12.0. The van der Waals surface area contributed by atoms with Crippen LogP contribution in [0.3, 0.4) is 0 Å². The molecule has 4 unspecified atom stereocenters. The van der Waals surface area contributed by atoms with E-state index in [1.54, 1.807) is 0 Å². The smallest absolute Gasteiger partial charge is 0.327 e. The fraction of sp³-hybridized carbons (Fsp3) is 0.615. The van der Waals surface area contributed by atoms with Crippen molar-refractivity contribution in [3.63, 3.8) is 0 Å². The van der Waals surface area contributed by atoms with Gasteiger partial charge >= 0.3 is 5.97 Å². The fourth-order valence-electron chi connectivity index (χ4n) is 1.64. The first-order valence-electron chi connectivity index (χ1n) is 7.43. The molecule has 4 amide bonds. The van der Waals surface area contributed by atoms with Crippen molar-refractivity contribution in [3.8, 4) is 0 Å². The van der Waals surface area contributed by atoms with Crippen molar-refractivity contribution in [1.82, 2.24) is 16.0 Å². The van der Waals surface area contributed by atoms with Gasteiger partial charge in [0.2, 0.25) is 23.6 Å². The van der Waals surface area contributed by atoms with Gasteiger partial charge in [0, 0.05) is 5.75 Å². The average molecular weight is 393 g/mol. The molecule has 0 aliphatic carbocycles. The number of aliphatic hydroxyl groups excluding tert-OH is 1. The van der Waals surface area contributed by atoms with Crippen LogP contribution in [0.1, 0.15) is 13.3 Å². The van der Waals surface area contributed by atoms with E-state index in [9.17, 15) is 29.1 Å². The number of carbonyl (C=O) groups is 5. The molecule has 0 aromatic rings. The van der Waals surface area contributed by atoms with Crippen molar-refractivity contribution in [3.05, 3.63) is 0 Å². The SMILES string of the molecule is CC(NC(=O)C(CO)NC(=O)C(N)CC(N)=O)C(=O)NC(CS)C(=O)O. The summed E-state index contributed by atoms with van der Waals surface area (Å²) < 4.78 is 0. The Hall–Kier alpha value is -2.38. The molecule has 12 nitrogen and oxygen atoms in total. The van der Waals surface area contributed by atoms with Gasteiger partial charge in [0.25, 0.3) is 0 Å². The Kier molecular flexibility index (Phi) is 10.2. The summed E-state index contributed by atoms with van der Waals surface area (Å²) in [6, 6.07) is -5.14. The normalized spacial score (nSPS) is 15.1. The minimum atomic E-state index is -1.43. The number of carboxylic acids is 1. The molecular formula is C13H23N5O7S. The summed E-state index contributed by atoms with van der Waals surface area (Å²) in [7, 11) is 0. The third-order valence-corrected chi connectivity index (χ3v) is 3.49. The van der Waals surface area contributed by atoms with E-state index in [4.69, 9.17) is 16.6 Å². The van der Waals surface area contributed by atoms with E-state index in [0.717, 1.165) is 0 Å². The van der Waals surface area contributed by atoms with E-state index in [-0.39, 0.29) is 5.75 Å². The van der Waals surface area contributed by atoms with Gasteiger partial charge in [-0.25, -0.2) is 4.79 Å². The Morgan fingerprint density at radius 3 is 1.96 bits per heavy atom. The standard InChI is InChI=1S/C13H23N5O7S/c1-5(10(21)18-8(4-26)13(24)25)16-12(23)7(3-19)17-11(22)6(14)2-9(15)20/h5-8,19,26H,2-4,14H2,1H3,(H2,15,20)(H,16,23)(H,17,22)(H,18,21)(H,24,25). The zero-order valence-corrected chi connectivity index (χ0v) is 14.9. The Morgan fingerprint density at radius 1 is 1.00 bits per heavy atom. The van der Waals surface area contributed by atoms with Crippen LogP contribution in [0.15, 0.2) is 0 Å². The van der Waals surface area contributed by atoms with Gasteiger partial charge in [0.15, 0.2) is 0 Å². The fourth-order valence-corrected chi connectivity index (χ4v) is 1.89. The summed E-state index contributed by atoms with van der Waals surface area (Å²) in [5.74, 6) is -4.87. The summed E-state index contributed by atoms with van der Waals surface area (Å²) in [6.45, 7) is 0.476. The predicted octanol–water partition coefficient (Wildman–Crippen LogP) is -4.33. The molecule has 0 rings (SSSR count). The van der Waals surface area contributed by atoms with Crippen LogP contribution in [-0.4, -0.2) is 76.3 Å². The molecule has 0 saturated carbocycles. The molecular weight excluding hydrogens is 370 g/mol. The molecule has 0 fully saturated rings. The summed E-state index contributed by atoms with van der Waals surface area (Å²) in [4.78, 5) is 57.2. The number of hydrogen-bond acceptors (Lipinski definition) is 8. The highest BCUT2D eigenvalue weighted by atomic mass is 32.1. The zero-order valence-electron chi connectivity index (χ0n) is 14.0. The number of primary amides is 1. The molecule has 13 heteroatoms. The van der Waals surface area contributed by atoms with Crippen LogP contribution < -0.4 is 27.4 Å². The van der Waals surface area contributed by atoms with Crippen LogP contribution in [0.2, 0.25) is 0 Å². The second-order valence-corrected chi connectivity index (χ2v) is 5.70. The Balaban J connectivity index is 4.73. The van der Waals surface area contributed by atoms with E-state index in [0.29, 0.717) is 0 Å². The average Bonchev–Trinajstić information content (AvgIpc) is 2.55. The van der Waals surface area contributed by atoms with Crippen molar-refractivity contribution in [1.29, 1.82) is 0 Å². The highest BCUT2D eigenvalue weighted by Crippen LogP contribution is 1.94. The number of aliphatic hydroxyl groups is 1. The van der Waals surface area contributed by atoms with E-state index >= 15 is 0 Å². The van der Waals surface area contributed by atoms with Gasteiger partial charge in [-0.2, -0.15) is 12.6 Å². The van der Waals surface area contributed by atoms with Crippen LogP contribution in [0.4, 0.5) is 0 Å². The zero-order chi connectivity index (χ0) is 20.4. The van der Waals surface area contributed by atoms with E-state index in [1.807, 2.05) is 0 Å². The number of carboxylic acid groups (broad SMARTS) is 1. The first-order valence-corrected chi connectivity index (χ1v) is 8.06. The Labute approximate surface area is 154 Å². The molecule has 9 N–H and O–H groups in total. The van der Waals surface area contributed by atoms with E-state index in [2.05, 4.69) is 28.6 Å². The molecule has 0 aliphatic rings. The minimum Gasteiger partial charge on any atom is -0.480 e. The van der Waals surface area contributed by atoms with Crippen molar-refractivity contribution in [2.24, 2.45) is 11.5 Å². The molecule has 0 aromatic heterocycles. The van der Waals surface area contributed by atoms with Gasteiger partial charge in [-0.15, -0.1) is 0 Å². The lowest BCUT2D eigenvalue weighted by molar-refractivity contribution is -0.141. The second-order valence-electron chi connectivity index (χ2n) is 5.33. The maximum atomic E-state index is 12.0. The third kappa shape index (κ3) is 8.13. The number of aliphatic carboxylic acids is 1. The maximum absolute atomic E-state index is 12.0. The summed E-state index contributed by atoms with van der Waals surface area (Å²) in [5, 5.41) is 24.6. The van der Waals surface area contributed by atoms with Gasteiger partial charge in [0.05, 0.1) is 19.1 Å². The number of amides is 4. The Bertz CT molecular complexity index is 559. The number of carbonyl (C=O) groups excluding carboxylic acids is 4. The molecule has 148 valence electrons. The second kappa shape index (κ2) is 11.3. The maximum Gasteiger partial charge on any atom is 0.327 e. The Morgan fingerprint density at radius 2 is 1.54 bits per heavy atom. The minimum absolute atomic E-state index is 0.158. The van der Waals surface area contributed by atoms with Crippen LogP contribution >= 0.6 is 12.6 Å². The van der Waals surface area contributed by atoms with Crippen molar-refractivity contribution in [2.75, 3.05) is 12.4 Å². The molecule has 0 saturated heterocycles. The molecule has 4 atom stereocenters. The van der Waals surface area contributed by atoms with Gasteiger partial charge < -0.3 is 37.6 Å². The number of nitrogens with two attached hydrogens (primary N) is 2. The number of thiol groups is 1. The lowest BCUT2D eigenvalue weighted by atomic mass is 10.1. The van der Waals surface area contributed by atoms with Crippen molar-refractivity contribution < 1.29 is 34.2 Å². The number of nitrogens with one attached hydrogen (secondary N) is 3. The van der Waals surface area contributed by atoms with Crippen LogP contribution in [0.25, 0.3) is 0 Å². The third-order valence-electron chi connectivity index (χ3n) is 3.12. The molecule has 0 radical (unpaired) electrons. The van der Waals surface area contributed by atoms with Crippen LogP contribution in [-0.2, 0) is 24.0 Å². The molecule has 0 heterocycles. The van der Waals surface area contributed by atoms with Gasteiger partial charge in [-0.3, -0.25) is 19.2 Å². The molecule has 26 heavy (non-hydrogen) atoms. The molecule has 0 aromatic carbocycles. The summed E-state index contributed by atoms with van der Waals surface area (Å²) in [5.41, 5.74) is 10.3. The quantitative estimate of drug-likeness (QED) is 0.160. The summed E-state index contributed by atoms with van der Waals surface area (Å²) >= 11 is 3.79. The lowest BCUT2D eigenvalue weighted by Crippen LogP contribution is -2.57. The van der Waals surface area contributed by atoms with E-state index in [1.165, 1.54) is 6.92 Å². The van der Waals surface area contributed by atoms with Crippen molar-refractivity contribution >= 4 is 42.2 Å². The van der Waals surface area contributed by atoms with E-state index < -0.39 is 66.8 Å². The number of hydrogen-bond donors (Lipinski definition) is 8. The van der Waals surface area contributed by atoms with Gasteiger partial charge in [-0.05, 0) is 6.92 Å². The largest absolute Gasteiger partial charge is 0.480 e. The lowest BCUT2D eigenvalue weighted by Gasteiger charge is -2.21. The van der Waals surface area contributed by atoms with Gasteiger partial charge in [0.1, 0.15) is 18.1 Å². The molecule has 0 bridgehead atoms. The molecule has 0 spiro atoms. The highest BCUT2D eigenvalue weighted by Gasteiger charge is 2.27. The van der Waals surface area contributed by atoms with Crippen LogP contribution in [0.5, 0.6) is 0 Å². The monoisotopic (exact) mass is 393 g/mol. The predicted molar refractivity (Wildman–Crippen MR) is 91.8 cm³/mol. The van der Waals surface area contributed by atoms with Crippen LogP contribution in [0, 0.1) is 0 Å². The van der Waals surface area contributed by atoms with Crippen molar-refractivity contribution in [2.45, 2.75) is 37.5 Å².